The number of unbranched alkanes of at least 4 members (excludes halogenated alkanes) is 1. The number of piperazine rings is 1. The molecule has 0 spiro atoms. The van der Waals surface area contributed by atoms with Gasteiger partial charge in [0.05, 0.1) is 12.7 Å². The van der Waals surface area contributed by atoms with Crippen LogP contribution in [0, 0.1) is 0 Å². The van der Waals surface area contributed by atoms with Crippen molar-refractivity contribution >= 4 is 31.3 Å². The molecular weight excluding hydrogens is 603 g/mol. The molecule has 0 aliphatic carbocycles. The van der Waals surface area contributed by atoms with Gasteiger partial charge in [0.2, 0.25) is 5.91 Å². The van der Waals surface area contributed by atoms with Crippen molar-refractivity contribution in [3.63, 3.8) is 0 Å². The fourth-order valence-corrected chi connectivity index (χ4v) is 5.87. The average molecular weight is 647 g/mol. The lowest BCUT2D eigenvalue weighted by Crippen LogP contribution is -2.56. The molecule has 2 fully saturated rings. The Labute approximate surface area is 263 Å². The molecule has 2 unspecified atom stereocenters. The Morgan fingerprint density at radius 3 is 2.40 bits per heavy atom. The van der Waals surface area contributed by atoms with Gasteiger partial charge in [-0.1, -0.05) is 43.7 Å². The van der Waals surface area contributed by atoms with Gasteiger partial charge in [0.1, 0.15) is 17.6 Å². The SMILES string of the molecule is CCCCOC(=O)N1CCN(C(=O)C(CCCP(=O)(O)O)NC(=O)c2cc(N3CCC(OC)C3)nc(-c3ccccc3)n2)CC1. The largest absolute Gasteiger partial charge is 0.449 e. The van der Waals surface area contributed by atoms with E-state index < -0.39 is 37.7 Å². The maximum atomic E-state index is 13.7. The van der Waals surface area contributed by atoms with Crippen molar-refractivity contribution in [1.82, 2.24) is 25.1 Å². The number of anilines is 1. The first-order chi connectivity index (χ1) is 21.6. The van der Waals surface area contributed by atoms with Crippen LogP contribution in [0.4, 0.5) is 10.6 Å². The van der Waals surface area contributed by atoms with Gasteiger partial charge in [-0.15, -0.1) is 0 Å². The normalized spacial score (nSPS) is 17.7. The number of nitrogens with one attached hydrogen (secondary N) is 1. The lowest BCUT2D eigenvalue weighted by Gasteiger charge is -2.36. The molecule has 3 amide bonds. The molecule has 0 saturated carbocycles. The first kappa shape index (κ1) is 34.3. The predicted molar refractivity (Wildman–Crippen MR) is 167 cm³/mol. The molecule has 2 saturated heterocycles. The molecule has 2 aliphatic heterocycles. The number of hydrogen-bond donors (Lipinski definition) is 3. The van der Waals surface area contributed by atoms with Crippen LogP contribution in [0.25, 0.3) is 11.4 Å². The molecule has 45 heavy (non-hydrogen) atoms. The molecule has 3 heterocycles. The van der Waals surface area contributed by atoms with Gasteiger partial charge in [-0.25, -0.2) is 14.8 Å². The lowest BCUT2D eigenvalue weighted by atomic mass is 10.1. The summed E-state index contributed by atoms with van der Waals surface area (Å²) in [6.07, 6.45) is 1.70. The van der Waals surface area contributed by atoms with Crippen molar-refractivity contribution in [1.29, 1.82) is 0 Å². The van der Waals surface area contributed by atoms with Crippen molar-refractivity contribution in [2.24, 2.45) is 0 Å². The predicted octanol–water partition coefficient (Wildman–Crippen LogP) is 2.51. The summed E-state index contributed by atoms with van der Waals surface area (Å²) in [7, 11) is -2.65. The highest BCUT2D eigenvalue weighted by atomic mass is 31.2. The van der Waals surface area contributed by atoms with Gasteiger partial charge in [-0.2, -0.15) is 0 Å². The molecule has 3 N–H and O–H groups in total. The van der Waals surface area contributed by atoms with E-state index in [4.69, 9.17) is 14.5 Å². The van der Waals surface area contributed by atoms with E-state index in [1.54, 1.807) is 23.0 Å². The molecule has 0 radical (unpaired) electrons. The monoisotopic (exact) mass is 646 g/mol. The van der Waals surface area contributed by atoms with Gasteiger partial charge < -0.3 is 39.3 Å². The van der Waals surface area contributed by atoms with Gasteiger partial charge in [-0.3, -0.25) is 14.2 Å². The van der Waals surface area contributed by atoms with Crippen LogP contribution >= 0.6 is 7.60 Å². The summed E-state index contributed by atoms with van der Waals surface area (Å²) < 4.78 is 22.3. The van der Waals surface area contributed by atoms with Gasteiger partial charge in [0.25, 0.3) is 5.91 Å². The summed E-state index contributed by atoms with van der Waals surface area (Å²) in [5, 5.41) is 2.78. The highest BCUT2D eigenvalue weighted by Crippen LogP contribution is 2.35. The van der Waals surface area contributed by atoms with Crippen molar-refractivity contribution in [3.05, 3.63) is 42.1 Å². The lowest BCUT2D eigenvalue weighted by molar-refractivity contribution is -0.135. The second kappa shape index (κ2) is 16.1. The zero-order chi connectivity index (χ0) is 32.4. The summed E-state index contributed by atoms with van der Waals surface area (Å²) in [5.41, 5.74) is 0.781. The zero-order valence-corrected chi connectivity index (χ0v) is 26.7. The topological polar surface area (TPSA) is 175 Å². The van der Waals surface area contributed by atoms with Gasteiger partial charge in [-0.05, 0) is 25.7 Å². The highest BCUT2D eigenvalue weighted by Gasteiger charge is 2.32. The first-order valence-corrected chi connectivity index (χ1v) is 17.2. The second-order valence-corrected chi connectivity index (χ2v) is 13.0. The maximum absolute atomic E-state index is 13.7. The van der Waals surface area contributed by atoms with Crippen LogP contribution in [0.1, 0.15) is 49.5 Å². The van der Waals surface area contributed by atoms with Crippen molar-refractivity contribution in [2.75, 3.05) is 64.0 Å². The van der Waals surface area contributed by atoms with Crippen LogP contribution in [0.5, 0.6) is 0 Å². The third-order valence-electron chi connectivity index (χ3n) is 7.90. The third kappa shape index (κ3) is 9.95. The number of benzene rings is 1. The first-order valence-electron chi connectivity index (χ1n) is 15.4. The fraction of sp³-hybridized carbons (Fsp3) is 0.567. The quantitative estimate of drug-likeness (QED) is 0.215. The van der Waals surface area contributed by atoms with Crippen LogP contribution < -0.4 is 10.2 Å². The molecule has 246 valence electrons. The van der Waals surface area contributed by atoms with E-state index in [2.05, 4.69) is 10.3 Å². The number of amides is 3. The van der Waals surface area contributed by atoms with E-state index in [0.29, 0.717) is 31.3 Å². The number of carbonyl (C=O) groups excluding carboxylic acids is 3. The maximum Gasteiger partial charge on any atom is 0.409 e. The number of methoxy groups -OCH3 is 1. The van der Waals surface area contributed by atoms with Gasteiger partial charge in [0.15, 0.2) is 5.82 Å². The summed E-state index contributed by atoms with van der Waals surface area (Å²) in [4.78, 5) is 72.9. The second-order valence-electron chi connectivity index (χ2n) is 11.2. The van der Waals surface area contributed by atoms with E-state index in [-0.39, 0.29) is 50.8 Å². The number of rotatable bonds is 13. The van der Waals surface area contributed by atoms with Crippen LogP contribution in [0.2, 0.25) is 0 Å². The Morgan fingerprint density at radius 2 is 1.76 bits per heavy atom. The Bertz CT molecular complexity index is 1350. The van der Waals surface area contributed by atoms with Crippen LogP contribution in [-0.2, 0) is 18.8 Å². The van der Waals surface area contributed by atoms with Crippen molar-refractivity contribution < 1.29 is 38.2 Å². The molecule has 4 rings (SSSR count). The van der Waals surface area contributed by atoms with E-state index in [1.165, 1.54) is 0 Å². The average Bonchev–Trinajstić information content (AvgIpc) is 3.53. The van der Waals surface area contributed by atoms with Crippen LogP contribution in [0.15, 0.2) is 36.4 Å². The van der Waals surface area contributed by atoms with Gasteiger partial charge in [0, 0.05) is 64.2 Å². The minimum absolute atomic E-state index is 0.0140. The molecule has 2 aliphatic rings. The Kier molecular flexibility index (Phi) is 12.3. The van der Waals surface area contributed by atoms with Crippen LogP contribution in [0.3, 0.4) is 0 Å². The minimum atomic E-state index is -4.31. The number of ether oxygens (including phenoxy) is 2. The number of nitrogens with zero attached hydrogens (tertiary/aromatic N) is 5. The molecular formula is C30H43N6O8P. The van der Waals surface area contributed by atoms with Gasteiger partial charge >= 0.3 is 13.7 Å². The molecule has 2 atom stereocenters. The summed E-state index contributed by atoms with van der Waals surface area (Å²) >= 11 is 0. The highest BCUT2D eigenvalue weighted by molar-refractivity contribution is 7.51. The Hall–Kier alpha value is -3.58. The molecule has 1 aromatic carbocycles. The molecule has 15 heteroatoms. The van der Waals surface area contributed by atoms with Crippen LogP contribution in [-0.4, -0.2) is 119 Å². The molecule has 1 aromatic heterocycles. The molecule has 0 bridgehead atoms. The summed E-state index contributed by atoms with van der Waals surface area (Å²) in [6, 6.07) is 9.78. The number of carbonyl (C=O) groups is 3. The number of hydrogen-bond acceptors (Lipinski definition) is 9. The van der Waals surface area contributed by atoms with Crippen molar-refractivity contribution in [3.8, 4) is 11.4 Å². The number of aromatic nitrogens is 2. The summed E-state index contributed by atoms with van der Waals surface area (Å²) in [6.45, 7) is 4.64. The minimum Gasteiger partial charge on any atom is -0.449 e. The molecule has 14 nitrogen and oxygen atoms in total. The van der Waals surface area contributed by atoms with E-state index >= 15 is 0 Å². The molecule has 2 aromatic rings. The Morgan fingerprint density at radius 1 is 1.04 bits per heavy atom. The summed E-state index contributed by atoms with van der Waals surface area (Å²) in [5.74, 6) is -0.0931. The van der Waals surface area contributed by atoms with E-state index in [1.807, 2.05) is 42.2 Å². The zero-order valence-electron chi connectivity index (χ0n) is 25.8. The van der Waals surface area contributed by atoms with E-state index in [9.17, 15) is 28.7 Å². The van der Waals surface area contributed by atoms with Crippen molar-refractivity contribution in [2.45, 2.75) is 51.2 Å². The third-order valence-corrected chi connectivity index (χ3v) is 8.80. The fourth-order valence-electron chi connectivity index (χ4n) is 5.27. The van der Waals surface area contributed by atoms with E-state index in [0.717, 1.165) is 24.8 Å². The smallest absolute Gasteiger partial charge is 0.409 e. The standard InChI is InChI=1S/C30H43N6O8P/c1-3-4-18-44-30(39)35-16-14-34(15-17-35)29(38)24(11-8-19-45(40,41)42)32-28(37)25-20-26(36-13-12-23(21-36)43-2)33-27(31-25)22-9-6-5-7-10-22/h5-7,9-10,20,23-24H,3-4,8,11-19,21H2,1-2H3,(H,32,37)(H2,40,41,42). The Balaban J connectivity index is 1.52.